The van der Waals surface area contributed by atoms with Gasteiger partial charge in [0, 0.05) is 37.4 Å². The molecule has 2 heterocycles. The summed E-state index contributed by atoms with van der Waals surface area (Å²) >= 11 is 0. The predicted molar refractivity (Wildman–Crippen MR) is 107 cm³/mol. The maximum atomic E-state index is 12.9. The Hall–Kier alpha value is -2.69. The first-order chi connectivity index (χ1) is 13.6. The van der Waals surface area contributed by atoms with E-state index in [0.29, 0.717) is 26.1 Å². The van der Waals surface area contributed by atoms with Crippen LogP contribution in [0.4, 0.5) is 0 Å². The molecular formula is C23H27N3O2. The Bertz CT molecular complexity index is 844. The molecule has 1 saturated heterocycles. The number of likely N-dealkylation sites (tertiary alicyclic amines) is 1. The zero-order chi connectivity index (χ0) is 19.6. The van der Waals surface area contributed by atoms with Gasteiger partial charge in [-0.3, -0.25) is 14.6 Å². The van der Waals surface area contributed by atoms with E-state index in [9.17, 15) is 9.59 Å². The molecule has 2 aromatic rings. The summed E-state index contributed by atoms with van der Waals surface area (Å²) in [6, 6.07) is 11.9. The Balaban J connectivity index is 1.39. The number of carbonyl (C=O) groups excluding carboxylic acids is 2. The largest absolute Gasteiger partial charge is 0.352 e. The highest BCUT2D eigenvalue weighted by molar-refractivity contribution is 5.84. The van der Waals surface area contributed by atoms with Crippen molar-refractivity contribution in [2.45, 2.75) is 39.2 Å². The zero-order valence-electron chi connectivity index (χ0n) is 16.4. The SMILES string of the molecule is Cc1ccc(CC(=O)N2CC(C(=O)NCc3ccncc3)C3(CCC3)C2)cc1. The van der Waals surface area contributed by atoms with E-state index in [1.165, 1.54) is 5.56 Å². The van der Waals surface area contributed by atoms with Crippen LogP contribution >= 0.6 is 0 Å². The molecule has 1 unspecified atom stereocenters. The van der Waals surface area contributed by atoms with Crippen LogP contribution in [0.5, 0.6) is 0 Å². The van der Waals surface area contributed by atoms with Crippen LogP contribution in [0.15, 0.2) is 48.8 Å². The Morgan fingerprint density at radius 2 is 1.82 bits per heavy atom. The van der Waals surface area contributed by atoms with Crippen LogP contribution in [-0.2, 0) is 22.6 Å². The quantitative estimate of drug-likeness (QED) is 0.872. The molecule has 5 nitrogen and oxygen atoms in total. The van der Waals surface area contributed by atoms with E-state index in [1.807, 2.05) is 48.2 Å². The fourth-order valence-corrected chi connectivity index (χ4v) is 4.46. The maximum Gasteiger partial charge on any atom is 0.227 e. The van der Waals surface area contributed by atoms with Gasteiger partial charge in [-0.25, -0.2) is 0 Å². The smallest absolute Gasteiger partial charge is 0.227 e. The van der Waals surface area contributed by atoms with Gasteiger partial charge < -0.3 is 10.2 Å². The molecule has 1 atom stereocenters. The topological polar surface area (TPSA) is 62.3 Å². The third-order valence-electron chi connectivity index (χ3n) is 6.36. The lowest BCUT2D eigenvalue weighted by Crippen LogP contribution is -2.45. The molecule has 0 bridgehead atoms. The number of benzene rings is 1. The normalized spacial score (nSPS) is 20.0. The minimum absolute atomic E-state index is 0.0226. The average Bonchev–Trinajstić information content (AvgIpc) is 3.10. The number of aromatic nitrogens is 1. The van der Waals surface area contributed by atoms with E-state index in [0.717, 1.165) is 30.4 Å². The highest BCUT2D eigenvalue weighted by atomic mass is 16.2. The maximum absolute atomic E-state index is 12.9. The zero-order valence-corrected chi connectivity index (χ0v) is 16.4. The average molecular weight is 377 g/mol. The summed E-state index contributed by atoms with van der Waals surface area (Å²) in [6.45, 7) is 3.80. The van der Waals surface area contributed by atoms with E-state index < -0.39 is 0 Å². The summed E-state index contributed by atoms with van der Waals surface area (Å²) in [6.07, 6.45) is 7.09. The molecule has 2 aliphatic rings. The van der Waals surface area contributed by atoms with Crippen molar-refractivity contribution < 1.29 is 9.59 Å². The second kappa shape index (κ2) is 7.74. The summed E-state index contributed by atoms with van der Waals surface area (Å²) in [4.78, 5) is 31.7. The first-order valence-electron chi connectivity index (χ1n) is 10.1. The standard InChI is InChI=1S/C23H27N3O2/c1-17-3-5-18(6-4-17)13-21(27)26-15-20(23(16-26)9-2-10-23)22(28)25-14-19-7-11-24-12-8-19/h3-8,11-12,20H,2,9-10,13-16H2,1H3,(H,25,28). The number of hydrogen-bond donors (Lipinski definition) is 1. The van der Waals surface area contributed by atoms with Crippen LogP contribution in [0.25, 0.3) is 0 Å². The monoisotopic (exact) mass is 377 g/mol. The Labute approximate surface area is 166 Å². The minimum atomic E-state index is -0.106. The number of amides is 2. The van der Waals surface area contributed by atoms with E-state index in [1.54, 1.807) is 12.4 Å². The van der Waals surface area contributed by atoms with Gasteiger partial charge in [0.25, 0.3) is 0 Å². The number of hydrogen-bond acceptors (Lipinski definition) is 3. The summed E-state index contributed by atoms with van der Waals surface area (Å²) in [5.41, 5.74) is 3.24. The van der Waals surface area contributed by atoms with Gasteiger partial charge >= 0.3 is 0 Å². The van der Waals surface area contributed by atoms with Gasteiger partial charge in [0.2, 0.25) is 11.8 Å². The molecule has 1 N–H and O–H groups in total. The third-order valence-corrected chi connectivity index (χ3v) is 6.36. The second-order valence-corrected chi connectivity index (χ2v) is 8.28. The van der Waals surface area contributed by atoms with Gasteiger partial charge in [0.15, 0.2) is 0 Å². The molecule has 5 heteroatoms. The highest BCUT2D eigenvalue weighted by Gasteiger charge is 2.54. The molecule has 146 valence electrons. The van der Waals surface area contributed by atoms with Crippen molar-refractivity contribution in [2.75, 3.05) is 13.1 Å². The number of pyridine rings is 1. The van der Waals surface area contributed by atoms with E-state index in [-0.39, 0.29) is 23.1 Å². The number of rotatable bonds is 5. The molecule has 1 saturated carbocycles. The molecular weight excluding hydrogens is 350 g/mol. The molecule has 0 radical (unpaired) electrons. The van der Waals surface area contributed by atoms with Crippen molar-refractivity contribution >= 4 is 11.8 Å². The van der Waals surface area contributed by atoms with Crippen LogP contribution in [-0.4, -0.2) is 34.8 Å². The number of nitrogens with zero attached hydrogens (tertiary/aromatic N) is 2. The Kier molecular flexibility index (Phi) is 5.16. The molecule has 1 spiro atoms. The number of aryl methyl sites for hydroxylation is 1. The van der Waals surface area contributed by atoms with Crippen molar-refractivity contribution in [1.29, 1.82) is 0 Å². The van der Waals surface area contributed by atoms with Crippen LogP contribution in [0.2, 0.25) is 0 Å². The second-order valence-electron chi connectivity index (χ2n) is 8.28. The summed E-state index contributed by atoms with van der Waals surface area (Å²) < 4.78 is 0. The van der Waals surface area contributed by atoms with Gasteiger partial charge in [-0.2, -0.15) is 0 Å². The Morgan fingerprint density at radius 1 is 1.11 bits per heavy atom. The van der Waals surface area contributed by atoms with Gasteiger partial charge in [-0.15, -0.1) is 0 Å². The Morgan fingerprint density at radius 3 is 2.46 bits per heavy atom. The molecule has 1 aliphatic carbocycles. The van der Waals surface area contributed by atoms with Gasteiger partial charge in [0.05, 0.1) is 12.3 Å². The van der Waals surface area contributed by atoms with Crippen LogP contribution in [0.1, 0.15) is 36.0 Å². The lowest BCUT2D eigenvalue weighted by Gasteiger charge is -2.41. The number of nitrogens with one attached hydrogen (secondary N) is 1. The highest BCUT2D eigenvalue weighted by Crippen LogP contribution is 2.51. The van der Waals surface area contributed by atoms with Crippen LogP contribution in [0, 0.1) is 18.3 Å². The van der Waals surface area contributed by atoms with E-state index in [4.69, 9.17) is 0 Å². The van der Waals surface area contributed by atoms with Crippen LogP contribution < -0.4 is 5.32 Å². The van der Waals surface area contributed by atoms with Gasteiger partial charge in [-0.05, 0) is 43.0 Å². The number of carbonyl (C=O) groups is 2. The molecule has 1 aromatic carbocycles. The van der Waals surface area contributed by atoms with Crippen molar-refractivity contribution in [2.24, 2.45) is 11.3 Å². The molecule has 4 rings (SSSR count). The summed E-state index contributed by atoms with van der Waals surface area (Å²) in [5, 5.41) is 3.08. The fourth-order valence-electron chi connectivity index (χ4n) is 4.46. The van der Waals surface area contributed by atoms with Crippen molar-refractivity contribution in [3.63, 3.8) is 0 Å². The van der Waals surface area contributed by atoms with Crippen molar-refractivity contribution in [1.82, 2.24) is 15.2 Å². The molecule has 1 aliphatic heterocycles. The lowest BCUT2D eigenvalue weighted by molar-refractivity contribution is -0.130. The van der Waals surface area contributed by atoms with Gasteiger partial charge in [0.1, 0.15) is 0 Å². The van der Waals surface area contributed by atoms with E-state index >= 15 is 0 Å². The minimum Gasteiger partial charge on any atom is -0.352 e. The van der Waals surface area contributed by atoms with Gasteiger partial charge in [-0.1, -0.05) is 36.2 Å². The summed E-state index contributed by atoms with van der Waals surface area (Å²) in [7, 11) is 0. The van der Waals surface area contributed by atoms with E-state index in [2.05, 4.69) is 10.3 Å². The molecule has 2 fully saturated rings. The third kappa shape index (κ3) is 3.79. The van der Waals surface area contributed by atoms with Crippen molar-refractivity contribution in [3.05, 3.63) is 65.5 Å². The molecule has 28 heavy (non-hydrogen) atoms. The van der Waals surface area contributed by atoms with Crippen molar-refractivity contribution in [3.8, 4) is 0 Å². The summed E-state index contributed by atoms with van der Waals surface area (Å²) in [5.74, 6) is 0.0896. The lowest BCUT2D eigenvalue weighted by atomic mass is 9.62. The predicted octanol–water partition coefficient (Wildman–Crippen LogP) is 2.88. The first-order valence-corrected chi connectivity index (χ1v) is 10.1. The molecule has 1 aromatic heterocycles. The van der Waals surface area contributed by atoms with Crippen LogP contribution in [0.3, 0.4) is 0 Å². The molecule has 2 amide bonds. The fraction of sp³-hybridized carbons (Fsp3) is 0.435. The first kappa shape index (κ1) is 18.7.